The Labute approximate surface area is 127 Å². The van der Waals surface area contributed by atoms with Crippen molar-refractivity contribution in [2.24, 2.45) is 5.73 Å². The lowest BCUT2D eigenvalue weighted by Gasteiger charge is -2.12. The Kier molecular flexibility index (Phi) is 6.84. The summed E-state index contributed by atoms with van der Waals surface area (Å²) in [5.41, 5.74) is 6.42. The van der Waals surface area contributed by atoms with E-state index in [2.05, 4.69) is 10.1 Å². The average molecular weight is 317 g/mol. The van der Waals surface area contributed by atoms with Crippen LogP contribution in [-0.4, -0.2) is 37.0 Å². The predicted molar refractivity (Wildman–Crippen MR) is 82.4 cm³/mol. The second kappa shape index (κ2) is 8.14. The van der Waals surface area contributed by atoms with E-state index in [1.165, 1.54) is 19.2 Å². The highest BCUT2D eigenvalue weighted by atomic mass is 35.5. The number of nitrogens with one attached hydrogen (secondary N) is 1. The number of ether oxygens (including phenoxy) is 1. The second-order valence-corrected chi connectivity index (χ2v) is 5.46. The third kappa shape index (κ3) is 4.70. The number of halogens is 1. The van der Waals surface area contributed by atoms with Crippen LogP contribution < -0.4 is 11.1 Å². The number of benzene rings is 1. The van der Waals surface area contributed by atoms with Crippen molar-refractivity contribution in [3.05, 3.63) is 28.8 Å². The molecule has 0 saturated heterocycles. The smallest absolute Gasteiger partial charge is 0.339 e. The average Bonchev–Trinajstić information content (AvgIpc) is 2.45. The van der Waals surface area contributed by atoms with Gasteiger partial charge in [0, 0.05) is 5.69 Å². The molecule has 110 valence electrons. The molecule has 1 amide bonds. The first-order valence-electron chi connectivity index (χ1n) is 5.92. The molecule has 0 spiro atoms. The maximum Gasteiger partial charge on any atom is 0.339 e. The molecule has 7 heteroatoms. The maximum atomic E-state index is 11.9. The van der Waals surface area contributed by atoms with Crippen molar-refractivity contribution in [1.29, 1.82) is 0 Å². The number of rotatable bonds is 6. The molecule has 1 aromatic rings. The van der Waals surface area contributed by atoms with Gasteiger partial charge in [-0.05, 0) is 36.6 Å². The molecule has 0 bridgehead atoms. The lowest BCUT2D eigenvalue weighted by atomic mass is 10.1. The molecule has 0 saturated carbocycles. The molecule has 0 aliphatic rings. The summed E-state index contributed by atoms with van der Waals surface area (Å²) in [6, 6.07) is 4.01. The molecular weight excluding hydrogens is 300 g/mol. The molecular formula is C13H17ClN2O3S. The van der Waals surface area contributed by atoms with E-state index < -0.39 is 12.0 Å². The molecule has 1 aromatic carbocycles. The molecule has 0 heterocycles. The number of anilines is 1. The van der Waals surface area contributed by atoms with Crippen LogP contribution in [0.25, 0.3) is 0 Å². The van der Waals surface area contributed by atoms with Crippen molar-refractivity contribution in [1.82, 2.24) is 0 Å². The van der Waals surface area contributed by atoms with E-state index in [1.807, 2.05) is 6.26 Å². The fourth-order valence-corrected chi connectivity index (χ4v) is 2.16. The van der Waals surface area contributed by atoms with Gasteiger partial charge >= 0.3 is 5.97 Å². The number of esters is 1. The third-order valence-corrected chi connectivity index (χ3v) is 3.58. The topological polar surface area (TPSA) is 81.4 Å². The van der Waals surface area contributed by atoms with E-state index in [4.69, 9.17) is 17.3 Å². The van der Waals surface area contributed by atoms with Gasteiger partial charge in [0.2, 0.25) is 5.91 Å². The highest BCUT2D eigenvalue weighted by molar-refractivity contribution is 7.98. The van der Waals surface area contributed by atoms with Gasteiger partial charge in [-0.3, -0.25) is 4.79 Å². The summed E-state index contributed by atoms with van der Waals surface area (Å²) >= 11 is 7.52. The number of hydrogen-bond acceptors (Lipinski definition) is 5. The van der Waals surface area contributed by atoms with Crippen LogP contribution in [0.4, 0.5) is 5.69 Å². The van der Waals surface area contributed by atoms with Gasteiger partial charge in [-0.2, -0.15) is 11.8 Å². The van der Waals surface area contributed by atoms with Crippen molar-refractivity contribution in [2.45, 2.75) is 12.5 Å². The first-order chi connectivity index (χ1) is 9.49. The van der Waals surface area contributed by atoms with Gasteiger partial charge < -0.3 is 15.8 Å². The van der Waals surface area contributed by atoms with Crippen LogP contribution in [0.2, 0.25) is 5.02 Å². The van der Waals surface area contributed by atoms with Crippen molar-refractivity contribution in [2.75, 3.05) is 24.4 Å². The van der Waals surface area contributed by atoms with Crippen LogP contribution in [0, 0.1) is 0 Å². The van der Waals surface area contributed by atoms with Crippen LogP contribution in [0.3, 0.4) is 0 Å². The van der Waals surface area contributed by atoms with E-state index in [-0.39, 0.29) is 16.5 Å². The van der Waals surface area contributed by atoms with Crippen LogP contribution in [0.1, 0.15) is 16.8 Å². The summed E-state index contributed by atoms with van der Waals surface area (Å²) in [5.74, 6) is -0.0437. The first kappa shape index (κ1) is 16.8. The Morgan fingerprint density at radius 3 is 2.80 bits per heavy atom. The highest BCUT2D eigenvalue weighted by Crippen LogP contribution is 2.21. The van der Waals surface area contributed by atoms with E-state index in [0.29, 0.717) is 12.1 Å². The molecule has 0 radical (unpaired) electrons. The van der Waals surface area contributed by atoms with Gasteiger partial charge in [-0.15, -0.1) is 0 Å². The SMILES string of the molecule is COC(=O)c1cc(NC(=O)[C@@H](N)CCSC)ccc1Cl. The van der Waals surface area contributed by atoms with Crippen LogP contribution >= 0.6 is 23.4 Å². The zero-order valence-electron chi connectivity index (χ0n) is 11.3. The summed E-state index contributed by atoms with van der Waals surface area (Å²) in [5, 5.41) is 2.92. The summed E-state index contributed by atoms with van der Waals surface area (Å²) in [6.45, 7) is 0. The standard InChI is InChI=1S/C13H17ClN2O3S/c1-19-13(18)9-7-8(3-4-10(9)14)16-12(17)11(15)5-6-20-2/h3-4,7,11H,5-6,15H2,1-2H3,(H,16,17)/t11-/m0/s1. The van der Waals surface area contributed by atoms with E-state index >= 15 is 0 Å². The molecule has 20 heavy (non-hydrogen) atoms. The van der Waals surface area contributed by atoms with Gasteiger partial charge in [0.15, 0.2) is 0 Å². The fraction of sp³-hybridized carbons (Fsp3) is 0.385. The van der Waals surface area contributed by atoms with Crippen molar-refractivity contribution in [3.63, 3.8) is 0 Å². The number of amides is 1. The Bertz CT molecular complexity index is 497. The second-order valence-electron chi connectivity index (χ2n) is 4.06. The Morgan fingerprint density at radius 2 is 2.20 bits per heavy atom. The van der Waals surface area contributed by atoms with Crippen LogP contribution in [-0.2, 0) is 9.53 Å². The quantitative estimate of drug-likeness (QED) is 0.786. The van der Waals surface area contributed by atoms with Crippen LogP contribution in [0.15, 0.2) is 18.2 Å². The summed E-state index contributed by atoms with van der Waals surface area (Å²) < 4.78 is 4.61. The molecule has 0 aliphatic heterocycles. The molecule has 1 rings (SSSR count). The zero-order chi connectivity index (χ0) is 15.1. The van der Waals surface area contributed by atoms with Crippen molar-refractivity contribution < 1.29 is 14.3 Å². The minimum Gasteiger partial charge on any atom is -0.465 e. The largest absolute Gasteiger partial charge is 0.465 e. The Morgan fingerprint density at radius 1 is 1.50 bits per heavy atom. The van der Waals surface area contributed by atoms with E-state index in [9.17, 15) is 9.59 Å². The highest BCUT2D eigenvalue weighted by Gasteiger charge is 2.15. The Hall–Kier alpha value is -1.24. The predicted octanol–water partition coefficient (Wildman–Crippen LogP) is 2.15. The minimum atomic E-state index is -0.584. The van der Waals surface area contributed by atoms with E-state index in [1.54, 1.807) is 17.8 Å². The molecule has 5 nitrogen and oxygen atoms in total. The van der Waals surface area contributed by atoms with E-state index in [0.717, 1.165) is 5.75 Å². The molecule has 0 aliphatic carbocycles. The first-order valence-corrected chi connectivity index (χ1v) is 7.70. The van der Waals surface area contributed by atoms with Gasteiger partial charge in [0.05, 0.1) is 23.7 Å². The third-order valence-electron chi connectivity index (χ3n) is 2.61. The summed E-state index contributed by atoms with van der Waals surface area (Å²) in [6.07, 6.45) is 2.54. The molecule has 0 unspecified atom stereocenters. The number of carbonyl (C=O) groups is 2. The molecule has 1 atom stereocenters. The minimum absolute atomic E-state index is 0.199. The number of carbonyl (C=O) groups excluding carboxylic acids is 2. The molecule has 0 aromatic heterocycles. The lowest BCUT2D eigenvalue weighted by molar-refractivity contribution is -0.117. The van der Waals surface area contributed by atoms with Gasteiger partial charge in [-0.1, -0.05) is 11.6 Å². The monoisotopic (exact) mass is 316 g/mol. The molecule has 0 fully saturated rings. The zero-order valence-corrected chi connectivity index (χ0v) is 12.9. The van der Waals surface area contributed by atoms with Crippen molar-refractivity contribution >= 4 is 40.9 Å². The summed E-state index contributed by atoms with van der Waals surface area (Å²) in [4.78, 5) is 23.4. The molecule has 3 N–H and O–H groups in total. The lowest BCUT2D eigenvalue weighted by Crippen LogP contribution is -2.36. The van der Waals surface area contributed by atoms with Crippen LogP contribution in [0.5, 0.6) is 0 Å². The maximum absolute atomic E-state index is 11.9. The summed E-state index contributed by atoms with van der Waals surface area (Å²) in [7, 11) is 1.27. The Balaban J connectivity index is 2.78. The van der Waals surface area contributed by atoms with Gasteiger partial charge in [0.1, 0.15) is 0 Å². The number of methoxy groups -OCH3 is 1. The fourth-order valence-electron chi connectivity index (χ4n) is 1.48. The van der Waals surface area contributed by atoms with Gasteiger partial charge in [0.25, 0.3) is 0 Å². The number of hydrogen-bond donors (Lipinski definition) is 2. The normalized spacial score (nSPS) is 11.8. The van der Waals surface area contributed by atoms with Gasteiger partial charge in [-0.25, -0.2) is 4.79 Å². The van der Waals surface area contributed by atoms with Crippen molar-refractivity contribution in [3.8, 4) is 0 Å². The number of nitrogens with two attached hydrogens (primary N) is 1. The number of thioether (sulfide) groups is 1.